The monoisotopic (exact) mass is 312 g/mol. The van der Waals surface area contributed by atoms with Crippen LogP contribution in [0.25, 0.3) is 0 Å². The normalized spacial score (nSPS) is 19.0. The third kappa shape index (κ3) is 3.02. The van der Waals surface area contributed by atoms with Gasteiger partial charge >= 0.3 is 0 Å². The van der Waals surface area contributed by atoms with E-state index in [1.807, 2.05) is 6.20 Å². The lowest BCUT2D eigenvalue weighted by molar-refractivity contribution is 0.201. The van der Waals surface area contributed by atoms with Gasteiger partial charge in [-0.3, -0.25) is 4.90 Å². The lowest BCUT2D eigenvalue weighted by atomic mass is 10.2. The van der Waals surface area contributed by atoms with Crippen LogP contribution in [0.3, 0.4) is 0 Å². The Labute approximate surface area is 117 Å². The minimum absolute atomic E-state index is 0.474. The number of rotatable bonds is 3. The number of halogens is 1. The Kier molecular flexibility index (Phi) is 4.59. The molecular formula is C13H21BrN4. The smallest absolute Gasteiger partial charge is 0.142 e. The molecule has 5 heteroatoms. The van der Waals surface area contributed by atoms with Crippen molar-refractivity contribution in [2.75, 3.05) is 37.6 Å². The lowest BCUT2D eigenvalue weighted by Crippen LogP contribution is -2.51. The van der Waals surface area contributed by atoms with Crippen LogP contribution in [-0.4, -0.2) is 48.6 Å². The summed E-state index contributed by atoms with van der Waals surface area (Å²) in [5.74, 6) is 1.06. The first-order valence-corrected chi connectivity index (χ1v) is 7.22. The summed E-state index contributed by atoms with van der Waals surface area (Å²) in [6, 6.07) is 2.60. The number of hydrogen-bond acceptors (Lipinski definition) is 4. The van der Waals surface area contributed by atoms with Crippen LogP contribution >= 0.6 is 15.9 Å². The van der Waals surface area contributed by atoms with Gasteiger partial charge in [0.25, 0.3) is 0 Å². The minimum Gasteiger partial charge on any atom is -0.353 e. The second kappa shape index (κ2) is 5.99. The van der Waals surface area contributed by atoms with E-state index >= 15 is 0 Å². The van der Waals surface area contributed by atoms with E-state index in [1.54, 1.807) is 0 Å². The first kappa shape index (κ1) is 13.8. The molecule has 0 aliphatic carbocycles. The SMILES string of the molecule is Cc1cnc(N2CCN(C(C)CN)CC2)c(Br)c1. The van der Waals surface area contributed by atoms with Crippen molar-refractivity contribution in [3.05, 3.63) is 22.3 Å². The molecule has 1 aromatic heterocycles. The van der Waals surface area contributed by atoms with E-state index in [-0.39, 0.29) is 0 Å². The van der Waals surface area contributed by atoms with Gasteiger partial charge in [-0.05, 0) is 41.4 Å². The van der Waals surface area contributed by atoms with Crippen LogP contribution < -0.4 is 10.6 Å². The van der Waals surface area contributed by atoms with E-state index in [0.29, 0.717) is 6.04 Å². The predicted molar refractivity (Wildman–Crippen MR) is 79.0 cm³/mol. The molecule has 2 N–H and O–H groups in total. The highest BCUT2D eigenvalue weighted by Gasteiger charge is 2.22. The zero-order chi connectivity index (χ0) is 13.1. The van der Waals surface area contributed by atoms with E-state index in [2.05, 4.69) is 50.6 Å². The number of aromatic nitrogens is 1. The second-order valence-electron chi connectivity index (χ2n) is 4.93. The molecule has 1 atom stereocenters. The van der Waals surface area contributed by atoms with E-state index in [1.165, 1.54) is 5.56 Å². The van der Waals surface area contributed by atoms with Gasteiger partial charge in [-0.15, -0.1) is 0 Å². The summed E-state index contributed by atoms with van der Waals surface area (Å²) in [6.45, 7) is 9.11. The highest BCUT2D eigenvalue weighted by molar-refractivity contribution is 9.10. The molecule has 18 heavy (non-hydrogen) atoms. The summed E-state index contributed by atoms with van der Waals surface area (Å²) in [4.78, 5) is 9.31. The highest BCUT2D eigenvalue weighted by Crippen LogP contribution is 2.25. The summed E-state index contributed by atoms with van der Waals surface area (Å²) in [5, 5.41) is 0. The van der Waals surface area contributed by atoms with E-state index in [0.717, 1.165) is 43.0 Å². The highest BCUT2D eigenvalue weighted by atomic mass is 79.9. The van der Waals surface area contributed by atoms with Crippen molar-refractivity contribution in [2.24, 2.45) is 5.73 Å². The average Bonchev–Trinajstić information content (AvgIpc) is 2.38. The maximum Gasteiger partial charge on any atom is 0.142 e. The van der Waals surface area contributed by atoms with Gasteiger partial charge in [0.15, 0.2) is 0 Å². The number of hydrogen-bond donors (Lipinski definition) is 1. The molecule has 0 aromatic carbocycles. The van der Waals surface area contributed by atoms with Crippen LogP contribution in [0.5, 0.6) is 0 Å². The summed E-state index contributed by atoms with van der Waals surface area (Å²) in [5.41, 5.74) is 6.90. The van der Waals surface area contributed by atoms with Crippen molar-refractivity contribution in [3.63, 3.8) is 0 Å². The fourth-order valence-electron chi connectivity index (χ4n) is 2.28. The van der Waals surface area contributed by atoms with Gasteiger partial charge in [-0.25, -0.2) is 4.98 Å². The van der Waals surface area contributed by atoms with Gasteiger partial charge in [-0.2, -0.15) is 0 Å². The van der Waals surface area contributed by atoms with Crippen molar-refractivity contribution in [3.8, 4) is 0 Å². The van der Waals surface area contributed by atoms with Crippen LogP contribution in [0.15, 0.2) is 16.7 Å². The molecule has 0 spiro atoms. The Bertz CT molecular complexity index is 402. The molecule has 1 aromatic rings. The average molecular weight is 313 g/mol. The predicted octanol–water partition coefficient (Wildman–Crippen LogP) is 1.62. The molecule has 0 saturated carbocycles. The summed E-state index contributed by atoms with van der Waals surface area (Å²) in [6.07, 6.45) is 1.93. The minimum atomic E-state index is 0.474. The molecule has 4 nitrogen and oxygen atoms in total. The topological polar surface area (TPSA) is 45.4 Å². The fraction of sp³-hybridized carbons (Fsp3) is 0.615. The lowest BCUT2D eigenvalue weighted by Gasteiger charge is -2.38. The Balaban J connectivity index is 2.01. The number of nitrogens with zero attached hydrogens (tertiary/aromatic N) is 3. The molecule has 0 bridgehead atoms. The molecule has 1 unspecified atom stereocenters. The Morgan fingerprint density at radius 3 is 2.61 bits per heavy atom. The molecule has 1 aliphatic rings. The molecule has 1 fully saturated rings. The van der Waals surface area contributed by atoms with Gasteiger partial charge in [0.1, 0.15) is 5.82 Å². The van der Waals surface area contributed by atoms with Gasteiger partial charge in [-0.1, -0.05) is 0 Å². The molecule has 2 heterocycles. The molecule has 2 rings (SSSR count). The molecular weight excluding hydrogens is 292 g/mol. The van der Waals surface area contributed by atoms with Crippen LogP contribution in [-0.2, 0) is 0 Å². The molecule has 100 valence electrons. The van der Waals surface area contributed by atoms with Crippen molar-refractivity contribution < 1.29 is 0 Å². The summed E-state index contributed by atoms with van der Waals surface area (Å²) >= 11 is 3.60. The van der Waals surface area contributed by atoms with E-state index in [9.17, 15) is 0 Å². The second-order valence-corrected chi connectivity index (χ2v) is 5.78. The van der Waals surface area contributed by atoms with Crippen molar-refractivity contribution in [2.45, 2.75) is 19.9 Å². The fourth-order valence-corrected chi connectivity index (χ4v) is 3.00. The van der Waals surface area contributed by atoms with Gasteiger partial charge in [0.2, 0.25) is 0 Å². The first-order chi connectivity index (χ1) is 8.61. The number of anilines is 1. The Morgan fingerprint density at radius 2 is 2.06 bits per heavy atom. The summed E-state index contributed by atoms with van der Waals surface area (Å²) in [7, 11) is 0. The van der Waals surface area contributed by atoms with Crippen LogP contribution in [0, 0.1) is 6.92 Å². The van der Waals surface area contributed by atoms with Crippen LogP contribution in [0.4, 0.5) is 5.82 Å². The van der Waals surface area contributed by atoms with Crippen molar-refractivity contribution in [1.82, 2.24) is 9.88 Å². The van der Waals surface area contributed by atoms with Gasteiger partial charge in [0, 0.05) is 45.0 Å². The maximum absolute atomic E-state index is 5.71. The first-order valence-electron chi connectivity index (χ1n) is 6.43. The number of nitrogens with two attached hydrogens (primary N) is 1. The van der Waals surface area contributed by atoms with Gasteiger partial charge in [0.05, 0.1) is 4.47 Å². The quantitative estimate of drug-likeness (QED) is 0.921. The zero-order valence-electron chi connectivity index (χ0n) is 11.1. The molecule has 0 radical (unpaired) electrons. The zero-order valence-corrected chi connectivity index (χ0v) is 12.7. The number of pyridine rings is 1. The van der Waals surface area contributed by atoms with E-state index in [4.69, 9.17) is 5.73 Å². The van der Waals surface area contributed by atoms with Crippen molar-refractivity contribution >= 4 is 21.7 Å². The Hall–Kier alpha value is -0.650. The Morgan fingerprint density at radius 1 is 1.39 bits per heavy atom. The standard InChI is InChI=1S/C13H21BrN4/c1-10-7-12(14)13(16-9-10)18-5-3-17(4-6-18)11(2)8-15/h7,9,11H,3-6,8,15H2,1-2H3. The van der Waals surface area contributed by atoms with Crippen molar-refractivity contribution in [1.29, 1.82) is 0 Å². The maximum atomic E-state index is 5.71. The third-order valence-electron chi connectivity index (χ3n) is 3.54. The molecule has 1 saturated heterocycles. The third-order valence-corrected chi connectivity index (χ3v) is 4.12. The van der Waals surface area contributed by atoms with Crippen LogP contribution in [0.2, 0.25) is 0 Å². The van der Waals surface area contributed by atoms with E-state index < -0.39 is 0 Å². The number of aryl methyl sites for hydroxylation is 1. The van der Waals surface area contributed by atoms with Gasteiger partial charge < -0.3 is 10.6 Å². The van der Waals surface area contributed by atoms with Crippen LogP contribution in [0.1, 0.15) is 12.5 Å². The summed E-state index contributed by atoms with van der Waals surface area (Å²) < 4.78 is 1.09. The molecule has 0 amide bonds. The molecule has 1 aliphatic heterocycles. The largest absolute Gasteiger partial charge is 0.353 e. The number of piperazine rings is 1.